The lowest BCUT2D eigenvalue weighted by atomic mass is 10.2. The standard InChI is InChI=1S/C15H22N6O2/c1-3-11-7-14(22)18-13(17-11)9-20-5-6-23-12(8-20)15-19-16-10-21(15)4-2/h7,10,12H,3-6,8-9H2,1-2H3,(H,17,18,22). The van der Waals surface area contributed by atoms with Gasteiger partial charge in [0, 0.05) is 31.4 Å². The molecule has 0 amide bonds. The van der Waals surface area contributed by atoms with Crippen LogP contribution in [0.3, 0.4) is 0 Å². The first kappa shape index (κ1) is 15.8. The predicted molar refractivity (Wildman–Crippen MR) is 83.9 cm³/mol. The van der Waals surface area contributed by atoms with Gasteiger partial charge in [0.15, 0.2) is 5.82 Å². The van der Waals surface area contributed by atoms with E-state index in [9.17, 15) is 4.79 Å². The van der Waals surface area contributed by atoms with Crippen LogP contribution in [0.25, 0.3) is 0 Å². The molecule has 2 aromatic heterocycles. The van der Waals surface area contributed by atoms with Crippen LogP contribution >= 0.6 is 0 Å². The molecule has 0 bridgehead atoms. The minimum absolute atomic E-state index is 0.0950. The van der Waals surface area contributed by atoms with Crippen LogP contribution in [0.15, 0.2) is 17.2 Å². The highest BCUT2D eigenvalue weighted by Gasteiger charge is 2.26. The van der Waals surface area contributed by atoms with Crippen molar-refractivity contribution in [2.45, 2.75) is 39.5 Å². The summed E-state index contributed by atoms with van der Waals surface area (Å²) in [7, 11) is 0. The Kier molecular flexibility index (Phi) is 4.82. The minimum Gasteiger partial charge on any atom is -0.368 e. The lowest BCUT2D eigenvalue weighted by Crippen LogP contribution is -2.39. The zero-order chi connectivity index (χ0) is 16.2. The summed E-state index contributed by atoms with van der Waals surface area (Å²) in [5.74, 6) is 1.55. The lowest BCUT2D eigenvalue weighted by molar-refractivity contribution is -0.0396. The Labute approximate surface area is 134 Å². The van der Waals surface area contributed by atoms with Crippen molar-refractivity contribution in [3.8, 4) is 0 Å². The fourth-order valence-electron chi connectivity index (χ4n) is 2.79. The molecule has 3 heterocycles. The molecule has 23 heavy (non-hydrogen) atoms. The van der Waals surface area contributed by atoms with E-state index in [0.717, 1.165) is 31.0 Å². The van der Waals surface area contributed by atoms with Gasteiger partial charge in [-0.2, -0.15) is 0 Å². The van der Waals surface area contributed by atoms with E-state index in [-0.39, 0.29) is 11.7 Å². The van der Waals surface area contributed by atoms with E-state index in [2.05, 4.69) is 32.0 Å². The van der Waals surface area contributed by atoms with Crippen molar-refractivity contribution in [3.63, 3.8) is 0 Å². The molecule has 0 aliphatic carbocycles. The Balaban J connectivity index is 1.72. The van der Waals surface area contributed by atoms with Crippen LogP contribution in [0.1, 0.15) is 37.3 Å². The number of nitrogens with one attached hydrogen (secondary N) is 1. The Morgan fingerprint density at radius 3 is 3.09 bits per heavy atom. The number of hydrogen-bond acceptors (Lipinski definition) is 6. The molecular weight excluding hydrogens is 296 g/mol. The zero-order valence-corrected chi connectivity index (χ0v) is 13.5. The highest BCUT2D eigenvalue weighted by atomic mass is 16.5. The first-order valence-electron chi connectivity index (χ1n) is 8.00. The molecule has 0 aromatic carbocycles. The van der Waals surface area contributed by atoms with Crippen molar-refractivity contribution in [1.29, 1.82) is 0 Å². The van der Waals surface area contributed by atoms with Crippen molar-refractivity contribution >= 4 is 0 Å². The van der Waals surface area contributed by atoms with Gasteiger partial charge in [0.25, 0.3) is 5.56 Å². The van der Waals surface area contributed by atoms with E-state index < -0.39 is 0 Å². The molecule has 8 nitrogen and oxygen atoms in total. The van der Waals surface area contributed by atoms with Gasteiger partial charge in [-0.3, -0.25) is 9.69 Å². The van der Waals surface area contributed by atoms with Gasteiger partial charge in [-0.15, -0.1) is 10.2 Å². The second-order valence-corrected chi connectivity index (χ2v) is 5.61. The van der Waals surface area contributed by atoms with Gasteiger partial charge in [-0.05, 0) is 13.3 Å². The van der Waals surface area contributed by atoms with Gasteiger partial charge >= 0.3 is 0 Å². The van der Waals surface area contributed by atoms with Crippen LogP contribution in [0, 0.1) is 0 Å². The number of morpholine rings is 1. The summed E-state index contributed by atoms with van der Waals surface area (Å²) in [6, 6.07) is 1.55. The van der Waals surface area contributed by atoms with Crippen molar-refractivity contribution in [2.75, 3.05) is 19.7 Å². The Morgan fingerprint density at radius 2 is 2.30 bits per heavy atom. The molecule has 1 saturated heterocycles. The van der Waals surface area contributed by atoms with Crippen LogP contribution in [0.4, 0.5) is 0 Å². The molecule has 0 radical (unpaired) electrons. The molecular formula is C15H22N6O2. The molecule has 1 aliphatic rings. The van der Waals surface area contributed by atoms with Gasteiger partial charge in [0.05, 0.1) is 13.2 Å². The number of rotatable bonds is 5. The molecule has 1 aliphatic heterocycles. The Morgan fingerprint density at radius 1 is 1.43 bits per heavy atom. The second-order valence-electron chi connectivity index (χ2n) is 5.61. The monoisotopic (exact) mass is 318 g/mol. The normalized spacial score (nSPS) is 19.1. The third-order valence-electron chi connectivity index (χ3n) is 4.00. The molecule has 8 heteroatoms. The van der Waals surface area contributed by atoms with E-state index >= 15 is 0 Å². The first-order valence-corrected chi connectivity index (χ1v) is 8.00. The van der Waals surface area contributed by atoms with E-state index in [4.69, 9.17) is 4.74 Å². The number of aromatic nitrogens is 5. The largest absolute Gasteiger partial charge is 0.368 e. The van der Waals surface area contributed by atoms with Crippen LogP contribution < -0.4 is 5.56 Å². The van der Waals surface area contributed by atoms with E-state index in [1.807, 2.05) is 11.5 Å². The molecule has 0 saturated carbocycles. The van der Waals surface area contributed by atoms with Crippen molar-refractivity contribution in [3.05, 3.63) is 40.1 Å². The van der Waals surface area contributed by atoms with Crippen LogP contribution in [0.2, 0.25) is 0 Å². The molecule has 1 atom stereocenters. The van der Waals surface area contributed by atoms with Crippen LogP contribution in [0.5, 0.6) is 0 Å². The summed E-state index contributed by atoms with van der Waals surface area (Å²) >= 11 is 0. The van der Waals surface area contributed by atoms with Gasteiger partial charge in [-0.25, -0.2) is 4.98 Å². The molecule has 2 aromatic rings. The smallest absolute Gasteiger partial charge is 0.251 e. The summed E-state index contributed by atoms with van der Waals surface area (Å²) in [5, 5.41) is 8.15. The number of H-pyrrole nitrogens is 1. The summed E-state index contributed by atoms with van der Waals surface area (Å²) in [6.45, 7) is 7.60. The zero-order valence-electron chi connectivity index (χ0n) is 13.5. The van der Waals surface area contributed by atoms with E-state index in [1.165, 1.54) is 0 Å². The molecule has 1 fully saturated rings. The van der Waals surface area contributed by atoms with E-state index in [0.29, 0.717) is 25.5 Å². The van der Waals surface area contributed by atoms with Gasteiger partial charge in [0.2, 0.25) is 0 Å². The summed E-state index contributed by atoms with van der Waals surface area (Å²) in [5.41, 5.74) is 0.724. The van der Waals surface area contributed by atoms with Gasteiger partial charge in [-0.1, -0.05) is 6.92 Å². The van der Waals surface area contributed by atoms with Gasteiger partial charge in [0.1, 0.15) is 18.3 Å². The fourth-order valence-corrected chi connectivity index (χ4v) is 2.79. The molecule has 124 valence electrons. The molecule has 3 rings (SSSR count). The average molecular weight is 318 g/mol. The van der Waals surface area contributed by atoms with Crippen LogP contribution in [-0.2, 0) is 24.2 Å². The van der Waals surface area contributed by atoms with E-state index in [1.54, 1.807) is 12.4 Å². The molecule has 1 N–H and O–H groups in total. The Hall–Kier alpha value is -2.06. The number of aromatic amines is 1. The summed E-state index contributed by atoms with van der Waals surface area (Å²) in [4.78, 5) is 21.2. The number of hydrogen-bond donors (Lipinski definition) is 1. The predicted octanol–water partition coefficient (Wildman–Crippen LogP) is 0.517. The molecule has 1 unspecified atom stereocenters. The fraction of sp³-hybridized carbons (Fsp3) is 0.600. The Bertz CT molecular complexity index is 710. The maximum Gasteiger partial charge on any atom is 0.251 e. The third kappa shape index (κ3) is 3.65. The average Bonchev–Trinajstić information content (AvgIpc) is 3.03. The SMILES string of the molecule is CCc1cc(=O)[nH]c(CN2CCOC(c3nncn3CC)C2)n1. The van der Waals surface area contributed by atoms with Crippen molar-refractivity contribution < 1.29 is 4.74 Å². The quantitative estimate of drug-likeness (QED) is 0.864. The highest BCUT2D eigenvalue weighted by molar-refractivity contribution is 5.03. The topological polar surface area (TPSA) is 88.9 Å². The highest BCUT2D eigenvalue weighted by Crippen LogP contribution is 2.21. The summed E-state index contributed by atoms with van der Waals surface area (Å²) in [6.07, 6.45) is 2.37. The van der Waals surface area contributed by atoms with Crippen molar-refractivity contribution in [1.82, 2.24) is 29.6 Å². The lowest BCUT2D eigenvalue weighted by Gasteiger charge is -2.32. The maximum atomic E-state index is 11.7. The number of nitrogens with zero attached hydrogens (tertiary/aromatic N) is 5. The minimum atomic E-state index is -0.104. The van der Waals surface area contributed by atoms with Crippen molar-refractivity contribution in [2.24, 2.45) is 0 Å². The van der Waals surface area contributed by atoms with Gasteiger partial charge < -0.3 is 14.3 Å². The second kappa shape index (κ2) is 7.01. The number of aryl methyl sites for hydroxylation is 2. The third-order valence-corrected chi connectivity index (χ3v) is 4.00. The van der Waals surface area contributed by atoms with Crippen LogP contribution in [-0.4, -0.2) is 49.3 Å². The summed E-state index contributed by atoms with van der Waals surface area (Å²) < 4.78 is 7.84. The first-order chi connectivity index (χ1) is 11.2. The number of ether oxygens (including phenoxy) is 1. The molecule has 0 spiro atoms. The maximum absolute atomic E-state index is 11.7.